The van der Waals surface area contributed by atoms with Crippen LogP contribution in [0.15, 0.2) is 12.1 Å². The number of amides is 1. The van der Waals surface area contributed by atoms with Crippen LogP contribution in [0.2, 0.25) is 0 Å². The van der Waals surface area contributed by atoms with Gasteiger partial charge in [-0.1, -0.05) is 20.8 Å². The molecule has 1 aliphatic heterocycles. The Balaban J connectivity index is 2.27. The molecule has 98 valence electrons. The van der Waals surface area contributed by atoms with Crippen molar-refractivity contribution in [3.05, 3.63) is 29.3 Å². The third-order valence-corrected chi connectivity index (χ3v) is 3.21. The van der Waals surface area contributed by atoms with E-state index < -0.39 is 17.6 Å². The van der Waals surface area contributed by atoms with Gasteiger partial charge in [0, 0.05) is 6.07 Å². The summed E-state index contributed by atoms with van der Waals surface area (Å²) in [6, 6.07) is 2.05. The molecule has 2 nitrogen and oxygen atoms in total. The van der Waals surface area contributed by atoms with E-state index in [1.54, 1.807) is 0 Å². The van der Waals surface area contributed by atoms with Gasteiger partial charge in [-0.2, -0.15) is 0 Å². The lowest BCUT2D eigenvalue weighted by molar-refractivity contribution is -0.117. The average molecular weight is 253 g/mol. The van der Waals surface area contributed by atoms with Crippen LogP contribution in [0, 0.1) is 17.0 Å². The predicted octanol–water partition coefficient (Wildman–Crippen LogP) is 3.83. The van der Waals surface area contributed by atoms with Crippen molar-refractivity contribution in [2.45, 2.75) is 39.5 Å². The lowest BCUT2D eigenvalue weighted by Gasteiger charge is -2.19. The summed E-state index contributed by atoms with van der Waals surface area (Å²) in [5.41, 5.74) is 0.677. The molecule has 1 unspecified atom stereocenters. The van der Waals surface area contributed by atoms with Gasteiger partial charge in [-0.15, -0.1) is 0 Å². The smallest absolute Gasteiger partial charge is 0.232 e. The molecule has 1 N–H and O–H groups in total. The van der Waals surface area contributed by atoms with Gasteiger partial charge < -0.3 is 5.32 Å². The van der Waals surface area contributed by atoms with Crippen molar-refractivity contribution in [1.29, 1.82) is 0 Å². The van der Waals surface area contributed by atoms with Gasteiger partial charge in [0.2, 0.25) is 5.91 Å². The van der Waals surface area contributed by atoms with Crippen LogP contribution in [0.5, 0.6) is 0 Å². The van der Waals surface area contributed by atoms with Gasteiger partial charge in [0.05, 0.1) is 11.6 Å². The van der Waals surface area contributed by atoms with Crippen molar-refractivity contribution in [2.24, 2.45) is 5.41 Å². The molecule has 0 saturated carbocycles. The Morgan fingerprint density at radius 2 is 1.94 bits per heavy atom. The molecule has 0 spiro atoms. The number of carbonyl (C=O) groups excluding carboxylic acids is 1. The van der Waals surface area contributed by atoms with Crippen molar-refractivity contribution in [1.82, 2.24) is 0 Å². The highest BCUT2D eigenvalue weighted by Crippen LogP contribution is 2.39. The number of halogens is 2. The molecule has 1 heterocycles. The summed E-state index contributed by atoms with van der Waals surface area (Å²) < 4.78 is 26.7. The zero-order valence-electron chi connectivity index (χ0n) is 10.8. The minimum Gasteiger partial charge on any atom is -0.323 e. The van der Waals surface area contributed by atoms with Gasteiger partial charge in [0.1, 0.15) is 11.6 Å². The van der Waals surface area contributed by atoms with Gasteiger partial charge in [0.15, 0.2) is 0 Å². The van der Waals surface area contributed by atoms with Gasteiger partial charge >= 0.3 is 0 Å². The van der Waals surface area contributed by atoms with Crippen molar-refractivity contribution in [2.75, 3.05) is 5.32 Å². The SMILES string of the molecule is CC(C)(C)CCC1C(=O)Nc2c(F)cc(F)cc21. The average Bonchev–Trinajstić information content (AvgIpc) is 2.51. The number of hydrogen-bond acceptors (Lipinski definition) is 1. The number of fused-ring (bicyclic) bond motifs is 1. The second-order valence-corrected chi connectivity index (χ2v) is 5.99. The monoisotopic (exact) mass is 253 g/mol. The molecule has 0 bridgehead atoms. The van der Waals surface area contributed by atoms with Crippen molar-refractivity contribution >= 4 is 11.6 Å². The molecule has 0 aliphatic carbocycles. The highest BCUT2D eigenvalue weighted by molar-refractivity contribution is 6.02. The van der Waals surface area contributed by atoms with E-state index in [9.17, 15) is 13.6 Å². The first-order valence-corrected chi connectivity index (χ1v) is 6.08. The Morgan fingerprint density at radius 1 is 1.28 bits per heavy atom. The maximum Gasteiger partial charge on any atom is 0.232 e. The standard InChI is InChI=1S/C14H17F2NO/c1-14(2,3)5-4-9-10-6-8(15)7-11(16)12(10)17-13(9)18/h6-7,9H,4-5H2,1-3H3,(H,17,18). The number of benzene rings is 1. The number of hydrogen-bond donors (Lipinski definition) is 1. The summed E-state index contributed by atoms with van der Waals surface area (Å²) in [6.45, 7) is 6.23. The maximum absolute atomic E-state index is 13.5. The summed E-state index contributed by atoms with van der Waals surface area (Å²) >= 11 is 0. The summed E-state index contributed by atoms with van der Waals surface area (Å²) in [5, 5.41) is 2.50. The third kappa shape index (κ3) is 2.52. The molecule has 2 rings (SSSR count). The number of carbonyl (C=O) groups is 1. The van der Waals surface area contributed by atoms with E-state index >= 15 is 0 Å². The molecule has 4 heteroatoms. The van der Waals surface area contributed by atoms with Crippen molar-refractivity contribution < 1.29 is 13.6 Å². The predicted molar refractivity (Wildman–Crippen MR) is 66.4 cm³/mol. The molecule has 1 atom stereocenters. The zero-order chi connectivity index (χ0) is 13.5. The fourth-order valence-corrected chi connectivity index (χ4v) is 2.22. The quantitative estimate of drug-likeness (QED) is 0.852. The Bertz CT molecular complexity index is 491. The molecule has 0 radical (unpaired) electrons. The molecule has 1 aliphatic rings. The van der Waals surface area contributed by atoms with E-state index in [1.165, 1.54) is 6.07 Å². The molecule has 1 amide bonds. The fraction of sp³-hybridized carbons (Fsp3) is 0.500. The summed E-state index contributed by atoms with van der Waals surface area (Å²) in [4.78, 5) is 11.8. The van der Waals surface area contributed by atoms with Crippen LogP contribution < -0.4 is 5.32 Å². The van der Waals surface area contributed by atoms with Crippen LogP contribution in [0.4, 0.5) is 14.5 Å². The lowest BCUT2D eigenvalue weighted by Crippen LogP contribution is -2.15. The van der Waals surface area contributed by atoms with Crippen LogP contribution in [0.1, 0.15) is 45.1 Å². The molecular weight excluding hydrogens is 236 g/mol. The first-order chi connectivity index (χ1) is 8.28. The molecular formula is C14H17F2NO. The Labute approximate surface area is 105 Å². The topological polar surface area (TPSA) is 29.1 Å². The molecule has 1 aromatic carbocycles. The maximum atomic E-state index is 13.5. The number of rotatable bonds is 2. The lowest BCUT2D eigenvalue weighted by atomic mass is 9.85. The third-order valence-electron chi connectivity index (χ3n) is 3.21. The Morgan fingerprint density at radius 3 is 2.56 bits per heavy atom. The molecule has 0 fully saturated rings. The van der Waals surface area contributed by atoms with Crippen molar-refractivity contribution in [3.63, 3.8) is 0 Å². The minimum atomic E-state index is -0.698. The zero-order valence-corrected chi connectivity index (χ0v) is 10.8. The fourth-order valence-electron chi connectivity index (χ4n) is 2.22. The highest BCUT2D eigenvalue weighted by atomic mass is 19.1. The van der Waals surface area contributed by atoms with Crippen LogP contribution in [-0.4, -0.2) is 5.91 Å². The number of anilines is 1. The van der Waals surface area contributed by atoms with Gasteiger partial charge in [-0.25, -0.2) is 8.78 Å². The van der Waals surface area contributed by atoms with E-state index in [1.807, 2.05) is 0 Å². The minimum absolute atomic E-state index is 0.0922. The van der Waals surface area contributed by atoms with Crippen LogP contribution in [-0.2, 0) is 4.79 Å². The van der Waals surface area contributed by atoms with Gasteiger partial charge in [0.25, 0.3) is 0 Å². The van der Waals surface area contributed by atoms with Crippen molar-refractivity contribution in [3.8, 4) is 0 Å². The van der Waals surface area contributed by atoms with E-state index in [0.29, 0.717) is 12.0 Å². The van der Waals surface area contributed by atoms with Crippen LogP contribution in [0.25, 0.3) is 0 Å². The van der Waals surface area contributed by atoms with E-state index in [4.69, 9.17) is 0 Å². The number of nitrogens with one attached hydrogen (secondary N) is 1. The second kappa shape index (κ2) is 4.34. The second-order valence-electron chi connectivity index (χ2n) is 5.99. The van der Waals surface area contributed by atoms with Gasteiger partial charge in [-0.05, 0) is 29.9 Å². The molecule has 1 aromatic rings. The summed E-state index contributed by atoms with van der Waals surface area (Å²) in [6.07, 6.45) is 1.42. The first kappa shape index (κ1) is 13.0. The largest absolute Gasteiger partial charge is 0.323 e. The Kier molecular flexibility index (Phi) is 3.13. The Hall–Kier alpha value is -1.45. The van der Waals surface area contributed by atoms with Gasteiger partial charge in [-0.3, -0.25) is 4.79 Å². The molecule has 18 heavy (non-hydrogen) atoms. The summed E-state index contributed by atoms with van der Waals surface area (Å²) in [5.74, 6) is -2.01. The molecule has 0 aromatic heterocycles. The first-order valence-electron chi connectivity index (χ1n) is 6.08. The van der Waals surface area contributed by atoms with Crippen LogP contribution >= 0.6 is 0 Å². The van der Waals surface area contributed by atoms with E-state index in [0.717, 1.165) is 12.5 Å². The van der Waals surface area contributed by atoms with E-state index in [2.05, 4.69) is 26.1 Å². The highest BCUT2D eigenvalue weighted by Gasteiger charge is 2.33. The van der Waals surface area contributed by atoms with Crippen LogP contribution in [0.3, 0.4) is 0 Å². The van der Waals surface area contributed by atoms with E-state index in [-0.39, 0.29) is 17.0 Å². The molecule has 0 saturated heterocycles. The normalized spacial score (nSPS) is 18.7. The summed E-state index contributed by atoms with van der Waals surface area (Å²) in [7, 11) is 0.